The van der Waals surface area contributed by atoms with Gasteiger partial charge in [0, 0.05) is 18.0 Å². The van der Waals surface area contributed by atoms with E-state index in [1.165, 1.54) is 16.2 Å². The van der Waals surface area contributed by atoms with Crippen molar-refractivity contribution in [1.29, 1.82) is 0 Å². The average molecular weight is 294 g/mol. The quantitative estimate of drug-likeness (QED) is 0.827. The molecule has 1 aromatic heterocycles. The minimum absolute atomic E-state index is 0.00535. The van der Waals surface area contributed by atoms with Crippen LogP contribution < -0.4 is 10.6 Å². The average Bonchev–Trinajstić information content (AvgIpc) is 2.86. The number of anilines is 1. The van der Waals surface area contributed by atoms with Crippen molar-refractivity contribution in [3.63, 3.8) is 0 Å². The van der Waals surface area contributed by atoms with Crippen LogP contribution in [0.4, 0.5) is 5.00 Å². The van der Waals surface area contributed by atoms with Crippen LogP contribution in [0.3, 0.4) is 0 Å². The largest absolute Gasteiger partial charge is 0.462 e. The third kappa shape index (κ3) is 2.33. The maximum Gasteiger partial charge on any atom is 0.341 e. The first-order valence-corrected chi connectivity index (χ1v) is 7.85. The van der Waals surface area contributed by atoms with Crippen molar-refractivity contribution in [3.8, 4) is 0 Å². The summed E-state index contributed by atoms with van der Waals surface area (Å²) >= 11 is 1.53. The van der Waals surface area contributed by atoms with Crippen LogP contribution in [-0.4, -0.2) is 31.6 Å². The fraction of sp³-hybridized carbons (Fsp3) is 0.571. The number of ether oxygens (including phenoxy) is 1. The van der Waals surface area contributed by atoms with Crippen LogP contribution in [0.2, 0.25) is 0 Å². The van der Waals surface area contributed by atoms with Crippen molar-refractivity contribution in [1.82, 2.24) is 5.32 Å². The van der Waals surface area contributed by atoms with E-state index >= 15 is 0 Å². The molecule has 0 unspecified atom stereocenters. The van der Waals surface area contributed by atoms with Gasteiger partial charge in [0.25, 0.3) is 0 Å². The number of nitrogens with one attached hydrogen (secondary N) is 2. The maximum atomic E-state index is 12.1. The Kier molecular flexibility index (Phi) is 3.76. The Hall–Kier alpha value is -1.40. The van der Waals surface area contributed by atoms with E-state index in [4.69, 9.17) is 4.74 Å². The third-order valence-electron chi connectivity index (χ3n) is 3.79. The van der Waals surface area contributed by atoms with E-state index in [0.717, 1.165) is 24.8 Å². The molecule has 0 radical (unpaired) electrons. The van der Waals surface area contributed by atoms with E-state index in [0.29, 0.717) is 30.3 Å². The Morgan fingerprint density at radius 1 is 1.40 bits per heavy atom. The van der Waals surface area contributed by atoms with Crippen LogP contribution in [0.25, 0.3) is 0 Å². The Balaban J connectivity index is 1.85. The molecule has 6 heteroatoms. The SMILES string of the molecule is CCOC(=O)c1c(NC(=O)C2CNC2)sc2c1CCC2. The van der Waals surface area contributed by atoms with Crippen LogP contribution in [0.5, 0.6) is 0 Å². The zero-order chi connectivity index (χ0) is 14.1. The van der Waals surface area contributed by atoms with E-state index in [-0.39, 0.29) is 17.8 Å². The summed E-state index contributed by atoms with van der Waals surface area (Å²) in [4.78, 5) is 25.4. The Morgan fingerprint density at radius 3 is 2.85 bits per heavy atom. The molecule has 1 fully saturated rings. The fourth-order valence-electron chi connectivity index (χ4n) is 2.60. The molecule has 1 aromatic rings. The number of fused-ring (bicyclic) bond motifs is 1. The highest BCUT2D eigenvalue weighted by Gasteiger charge is 2.31. The molecular formula is C14H18N2O3S. The van der Waals surface area contributed by atoms with Crippen molar-refractivity contribution in [2.75, 3.05) is 25.0 Å². The molecule has 2 N–H and O–H groups in total. The van der Waals surface area contributed by atoms with Crippen molar-refractivity contribution in [2.45, 2.75) is 26.2 Å². The predicted octanol–water partition coefficient (Wildman–Crippen LogP) is 1.57. The first-order chi connectivity index (χ1) is 9.70. The molecule has 0 spiro atoms. The topological polar surface area (TPSA) is 67.4 Å². The fourth-order valence-corrected chi connectivity index (χ4v) is 3.88. The molecule has 20 heavy (non-hydrogen) atoms. The van der Waals surface area contributed by atoms with Gasteiger partial charge in [0.15, 0.2) is 0 Å². The summed E-state index contributed by atoms with van der Waals surface area (Å²) in [6.07, 6.45) is 2.97. The Morgan fingerprint density at radius 2 is 2.20 bits per heavy atom. The van der Waals surface area contributed by atoms with Crippen LogP contribution in [-0.2, 0) is 22.4 Å². The monoisotopic (exact) mass is 294 g/mol. The van der Waals surface area contributed by atoms with Crippen molar-refractivity contribution in [3.05, 3.63) is 16.0 Å². The molecule has 1 aliphatic heterocycles. The number of carbonyl (C=O) groups is 2. The predicted molar refractivity (Wildman–Crippen MR) is 77.3 cm³/mol. The number of amides is 1. The summed E-state index contributed by atoms with van der Waals surface area (Å²) in [6, 6.07) is 0. The summed E-state index contributed by atoms with van der Waals surface area (Å²) in [5, 5.41) is 6.67. The lowest BCUT2D eigenvalue weighted by atomic mass is 10.0. The maximum absolute atomic E-state index is 12.1. The summed E-state index contributed by atoms with van der Waals surface area (Å²) in [5.74, 6) is -0.301. The van der Waals surface area contributed by atoms with E-state index in [1.807, 2.05) is 0 Å². The summed E-state index contributed by atoms with van der Waals surface area (Å²) in [7, 11) is 0. The van der Waals surface area contributed by atoms with Gasteiger partial charge in [0.05, 0.1) is 18.1 Å². The molecule has 2 aliphatic rings. The van der Waals surface area contributed by atoms with Gasteiger partial charge in [-0.1, -0.05) is 0 Å². The van der Waals surface area contributed by atoms with E-state index in [2.05, 4.69) is 10.6 Å². The Labute approximate surface area is 121 Å². The normalized spacial score (nSPS) is 17.4. The molecule has 1 amide bonds. The van der Waals surface area contributed by atoms with Crippen LogP contribution in [0.15, 0.2) is 0 Å². The number of rotatable bonds is 4. The Bertz CT molecular complexity index is 549. The molecule has 108 valence electrons. The second-order valence-corrected chi connectivity index (χ2v) is 6.23. The van der Waals surface area contributed by atoms with Gasteiger partial charge in [-0.15, -0.1) is 11.3 Å². The number of hydrogen-bond donors (Lipinski definition) is 2. The molecule has 2 heterocycles. The molecule has 0 saturated carbocycles. The molecule has 0 bridgehead atoms. The smallest absolute Gasteiger partial charge is 0.341 e. The van der Waals surface area contributed by atoms with E-state index in [1.54, 1.807) is 6.92 Å². The van der Waals surface area contributed by atoms with Gasteiger partial charge in [0.1, 0.15) is 5.00 Å². The number of aryl methyl sites for hydroxylation is 1. The van der Waals surface area contributed by atoms with E-state index < -0.39 is 0 Å². The summed E-state index contributed by atoms with van der Waals surface area (Å²) in [6.45, 7) is 3.57. The summed E-state index contributed by atoms with van der Waals surface area (Å²) < 4.78 is 5.14. The van der Waals surface area contributed by atoms with Gasteiger partial charge in [-0.3, -0.25) is 4.79 Å². The minimum Gasteiger partial charge on any atom is -0.462 e. The van der Waals surface area contributed by atoms with Gasteiger partial charge in [-0.05, 0) is 31.7 Å². The van der Waals surface area contributed by atoms with Crippen LogP contribution in [0.1, 0.15) is 34.1 Å². The van der Waals surface area contributed by atoms with Gasteiger partial charge < -0.3 is 15.4 Å². The number of carbonyl (C=O) groups excluding carboxylic acids is 2. The molecule has 0 aromatic carbocycles. The lowest BCUT2D eigenvalue weighted by Gasteiger charge is -2.25. The standard InChI is InChI=1S/C14H18N2O3S/c1-2-19-14(18)11-9-4-3-5-10(9)20-13(11)16-12(17)8-6-15-7-8/h8,15H,2-7H2,1H3,(H,16,17). The molecule has 1 aliphatic carbocycles. The highest BCUT2D eigenvalue weighted by Crippen LogP contribution is 2.39. The lowest BCUT2D eigenvalue weighted by Crippen LogP contribution is -2.48. The van der Waals surface area contributed by atoms with Crippen molar-refractivity contribution in [2.24, 2.45) is 5.92 Å². The first kappa shape index (κ1) is 13.6. The van der Waals surface area contributed by atoms with Gasteiger partial charge in [0.2, 0.25) is 5.91 Å². The van der Waals surface area contributed by atoms with Crippen molar-refractivity contribution >= 4 is 28.2 Å². The number of thiophene rings is 1. The molecular weight excluding hydrogens is 276 g/mol. The van der Waals surface area contributed by atoms with Crippen LogP contribution >= 0.6 is 11.3 Å². The molecule has 1 saturated heterocycles. The van der Waals surface area contributed by atoms with Gasteiger partial charge in [-0.2, -0.15) is 0 Å². The van der Waals surface area contributed by atoms with Crippen LogP contribution in [0, 0.1) is 5.92 Å². The van der Waals surface area contributed by atoms with Gasteiger partial charge >= 0.3 is 5.97 Å². The lowest BCUT2D eigenvalue weighted by molar-refractivity contribution is -0.121. The zero-order valence-electron chi connectivity index (χ0n) is 11.5. The minimum atomic E-state index is -0.311. The highest BCUT2D eigenvalue weighted by molar-refractivity contribution is 7.17. The van der Waals surface area contributed by atoms with E-state index in [9.17, 15) is 9.59 Å². The number of esters is 1. The number of hydrogen-bond acceptors (Lipinski definition) is 5. The zero-order valence-corrected chi connectivity index (χ0v) is 12.3. The first-order valence-electron chi connectivity index (χ1n) is 7.04. The molecule has 5 nitrogen and oxygen atoms in total. The van der Waals surface area contributed by atoms with Crippen molar-refractivity contribution < 1.29 is 14.3 Å². The third-order valence-corrected chi connectivity index (χ3v) is 5.00. The summed E-state index contributed by atoms with van der Waals surface area (Å²) in [5.41, 5.74) is 1.67. The second-order valence-electron chi connectivity index (χ2n) is 5.13. The molecule has 0 atom stereocenters. The second kappa shape index (κ2) is 5.54. The highest BCUT2D eigenvalue weighted by atomic mass is 32.1. The van der Waals surface area contributed by atoms with Gasteiger partial charge in [-0.25, -0.2) is 4.79 Å². The molecule has 3 rings (SSSR count).